The number of aryl methyl sites for hydroxylation is 1. The topological polar surface area (TPSA) is 46.1 Å². The van der Waals surface area contributed by atoms with Gasteiger partial charge in [-0.1, -0.05) is 30.3 Å². The number of fused-ring (bicyclic) bond motifs is 1. The fourth-order valence-corrected chi connectivity index (χ4v) is 3.53. The van der Waals surface area contributed by atoms with Crippen LogP contribution in [-0.4, -0.2) is 15.5 Å². The number of carbonyl (C=O) groups is 1. The highest BCUT2D eigenvalue weighted by molar-refractivity contribution is 5.97. The fraction of sp³-hybridized carbons (Fsp3) is 0.238. The molecular weight excluding hydrogens is 312 g/mol. The number of pyridine rings is 1. The highest BCUT2D eigenvalue weighted by atomic mass is 16.3. The maximum Gasteiger partial charge on any atom is 0.185 e. The van der Waals surface area contributed by atoms with E-state index >= 15 is 0 Å². The summed E-state index contributed by atoms with van der Waals surface area (Å²) in [6.45, 7) is 1.56. The van der Waals surface area contributed by atoms with Gasteiger partial charge in [-0.15, -0.1) is 0 Å². The fourth-order valence-electron chi connectivity index (χ4n) is 3.53. The zero-order valence-corrected chi connectivity index (χ0v) is 14.0. The van der Waals surface area contributed by atoms with Crippen LogP contribution in [0.25, 0.3) is 0 Å². The highest BCUT2D eigenvalue weighted by Gasteiger charge is 2.33. The van der Waals surface area contributed by atoms with Gasteiger partial charge in [-0.3, -0.25) is 4.79 Å². The van der Waals surface area contributed by atoms with Gasteiger partial charge in [0, 0.05) is 30.4 Å². The maximum absolute atomic E-state index is 12.6. The number of benzene rings is 1. The predicted molar refractivity (Wildman–Crippen MR) is 94.0 cm³/mol. The molecule has 0 saturated carbocycles. The summed E-state index contributed by atoms with van der Waals surface area (Å²) in [5.74, 6) is -0.336. The normalized spacial score (nSPS) is 18.0. The van der Waals surface area contributed by atoms with Crippen molar-refractivity contribution in [2.45, 2.75) is 25.6 Å². The minimum atomic E-state index is -0.762. The monoisotopic (exact) mass is 333 g/mol. The van der Waals surface area contributed by atoms with E-state index in [1.54, 1.807) is 0 Å². The molecular formula is C21H21N2O2+. The maximum atomic E-state index is 12.6. The van der Waals surface area contributed by atoms with Crippen LogP contribution in [0.4, 0.5) is 0 Å². The number of ketones is 1. The van der Waals surface area contributed by atoms with Crippen molar-refractivity contribution in [3.63, 3.8) is 0 Å². The first-order valence-electron chi connectivity index (χ1n) is 8.63. The van der Waals surface area contributed by atoms with Gasteiger partial charge in [-0.25, -0.2) is 4.57 Å². The third kappa shape index (κ3) is 3.13. The van der Waals surface area contributed by atoms with Crippen LogP contribution in [0.15, 0.2) is 73.2 Å². The smallest absolute Gasteiger partial charge is 0.185 e. The number of hydrogen-bond donors (Lipinski definition) is 1. The van der Waals surface area contributed by atoms with Crippen LogP contribution in [-0.2, 0) is 13.1 Å². The Morgan fingerprint density at radius 3 is 2.60 bits per heavy atom. The minimum absolute atomic E-state index is 0.0322. The first kappa shape index (κ1) is 15.8. The van der Waals surface area contributed by atoms with Gasteiger partial charge >= 0.3 is 0 Å². The Morgan fingerprint density at radius 2 is 1.84 bits per heavy atom. The Morgan fingerprint density at radius 1 is 1.08 bits per heavy atom. The first-order chi connectivity index (χ1) is 12.2. The van der Waals surface area contributed by atoms with Crippen molar-refractivity contribution < 1.29 is 14.5 Å². The van der Waals surface area contributed by atoms with E-state index < -0.39 is 6.10 Å². The summed E-state index contributed by atoms with van der Waals surface area (Å²) in [6.07, 6.45) is 5.75. The summed E-state index contributed by atoms with van der Waals surface area (Å²) in [5.41, 5.74) is 2.72. The summed E-state index contributed by atoms with van der Waals surface area (Å²) < 4.78 is 4.03. The standard InChI is InChI=1S/C21H21N2O2/c24-20(18-10-14-23-11-4-7-19(23)21(18)25)17-8-12-22(13-9-17)15-16-5-2-1-3-6-16/h1-9,11-13,18,20,24H,10,14-15H2/q+1/t18-,20+/m0/s1. The average Bonchev–Trinajstić information content (AvgIpc) is 3.13. The Balaban J connectivity index is 1.49. The van der Waals surface area contributed by atoms with Crippen molar-refractivity contribution in [1.82, 2.24) is 4.57 Å². The predicted octanol–water partition coefficient (Wildman–Crippen LogP) is 2.76. The number of Topliss-reactive ketones (excluding diaryl/α,β-unsaturated/α-hetero) is 1. The van der Waals surface area contributed by atoms with E-state index in [-0.39, 0.29) is 11.7 Å². The molecule has 1 aliphatic rings. The van der Waals surface area contributed by atoms with E-state index in [0.717, 1.165) is 18.7 Å². The molecule has 1 aromatic carbocycles. The van der Waals surface area contributed by atoms with Crippen molar-refractivity contribution in [1.29, 1.82) is 0 Å². The van der Waals surface area contributed by atoms with E-state index in [2.05, 4.69) is 16.7 Å². The minimum Gasteiger partial charge on any atom is -0.388 e. The molecule has 1 N–H and O–H groups in total. The molecule has 0 fully saturated rings. The lowest BCUT2D eigenvalue weighted by Crippen LogP contribution is -2.34. The summed E-state index contributed by atoms with van der Waals surface area (Å²) in [4.78, 5) is 12.6. The Hall–Kier alpha value is -2.72. The number of aliphatic hydroxyl groups is 1. The van der Waals surface area contributed by atoms with Gasteiger partial charge in [0.2, 0.25) is 0 Å². The van der Waals surface area contributed by atoms with Crippen molar-refractivity contribution in [3.8, 4) is 0 Å². The zero-order valence-electron chi connectivity index (χ0n) is 14.0. The summed E-state index contributed by atoms with van der Waals surface area (Å²) >= 11 is 0. The summed E-state index contributed by atoms with van der Waals surface area (Å²) in [6, 6.07) is 17.8. The van der Waals surface area contributed by atoms with Gasteiger partial charge in [0.1, 0.15) is 0 Å². The second kappa shape index (κ2) is 6.65. The number of hydrogen-bond acceptors (Lipinski definition) is 2. The quantitative estimate of drug-likeness (QED) is 0.746. The van der Waals surface area contributed by atoms with Crippen molar-refractivity contribution in [2.75, 3.05) is 0 Å². The molecule has 0 unspecified atom stereocenters. The molecule has 2 atom stereocenters. The molecule has 25 heavy (non-hydrogen) atoms. The van der Waals surface area contributed by atoms with Gasteiger partial charge in [0.15, 0.2) is 24.7 Å². The number of aliphatic hydroxyl groups excluding tert-OH is 1. The van der Waals surface area contributed by atoms with Gasteiger partial charge in [-0.2, -0.15) is 0 Å². The molecule has 2 aromatic heterocycles. The molecule has 3 aromatic rings. The summed E-state index contributed by atoms with van der Waals surface area (Å²) in [7, 11) is 0. The van der Waals surface area contributed by atoms with Crippen LogP contribution >= 0.6 is 0 Å². The molecule has 126 valence electrons. The molecule has 0 spiro atoms. The molecule has 0 radical (unpaired) electrons. The molecule has 4 heteroatoms. The average molecular weight is 333 g/mol. The van der Waals surface area contributed by atoms with Crippen LogP contribution in [0.2, 0.25) is 0 Å². The van der Waals surface area contributed by atoms with E-state index in [4.69, 9.17) is 0 Å². The SMILES string of the molecule is O=C1c2cccn2CC[C@H]1[C@H](O)c1cc[n+](Cc2ccccc2)cc1. The second-order valence-electron chi connectivity index (χ2n) is 6.58. The largest absolute Gasteiger partial charge is 0.388 e. The molecule has 1 aliphatic heterocycles. The lowest BCUT2D eigenvalue weighted by atomic mass is 9.86. The third-order valence-corrected chi connectivity index (χ3v) is 4.95. The Labute approximate surface area is 147 Å². The number of aromatic nitrogens is 2. The molecule has 4 rings (SSSR count). The van der Waals surface area contributed by atoms with Crippen LogP contribution in [0, 0.1) is 5.92 Å². The van der Waals surface area contributed by atoms with Crippen LogP contribution in [0.1, 0.15) is 34.1 Å². The van der Waals surface area contributed by atoms with E-state index in [9.17, 15) is 9.90 Å². The Bertz CT molecular complexity index is 868. The number of carbonyl (C=O) groups excluding carboxylic acids is 1. The second-order valence-corrected chi connectivity index (χ2v) is 6.58. The lowest BCUT2D eigenvalue weighted by molar-refractivity contribution is -0.688. The molecule has 3 heterocycles. The van der Waals surface area contributed by atoms with Gasteiger partial charge < -0.3 is 9.67 Å². The molecule has 0 saturated heterocycles. The van der Waals surface area contributed by atoms with E-state index in [1.807, 2.05) is 65.6 Å². The van der Waals surface area contributed by atoms with Crippen molar-refractivity contribution in [2.24, 2.45) is 5.92 Å². The van der Waals surface area contributed by atoms with Gasteiger partial charge in [-0.05, 0) is 24.1 Å². The molecule has 4 nitrogen and oxygen atoms in total. The number of nitrogens with zero attached hydrogens (tertiary/aromatic N) is 2. The van der Waals surface area contributed by atoms with Crippen LogP contribution < -0.4 is 4.57 Å². The molecule has 0 amide bonds. The van der Waals surface area contributed by atoms with E-state index in [1.165, 1.54) is 5.56 Å². The molecule has 0 bridgehead atoms. The first-order valence-corrected chi connectivity index (χ1v) is 8.63. The lowest BCUT2D eigenvalue weighted by Gasteiger charge is -2.27. The highest BCUT2D eigenvalue weighted by Crippen LogP contribution is 2.31. The van der Waals surface area contributed by atoms with Crippen LogP contribution in [0.3, 0.4) is 0 Å². The van der Waals surface area contributed by atoms with Crippen molar-refractivity contribution in [3.05, 3.63) is 90.0 Å². The van der Waals surface area contributed by atoms with E-state index in [0.29, 0.717) is 12.1 Å². The summed E-state index contributed by atoms with van der Waals surface area (Å²) in [5, 5.41) is 10.7. The molecule has 0 aliphatic carbocycles. The third-order valence-electron chi connectivity index (χ3n) is 4.95. The van der Waals surface area contributed by atoms with Gasteiger partial charge in [0.05, 0.1) is 17.7 Å². The zero-order chi connectivity index (χ0) is 17.2. The van der Waals surface area contributed by atoms with Crippen LogP contribution in [0.5, 0.6) is 0 Å². The van der Waals surface area contributed by atoms with Crippen molar-refractivity contribution >= 4 is 5.78 Å². The van der Waals surface area contributed by atoms with Gasteiger partial charge in [0.25, 0.3) is 0 Å². The number of rotatable bonds is 4. The Kier molecular flexibility index (Phi) is 4.20.